The number of hydrogen-bond donors (Lipinski definition) is 2. The number of carbonyl (C=O) groups is 1. The normalized spacial score (nSPS) is 19.0. The summed E-state index contributed by atoms with van der Waals surface area (Å²) in [7, 11) is 2.80. The fourth-order valence-electron chi connectivity index (χ4n) is 4.19. The van der Waals surface area contributed by atoms with Crippen LogP contribution in [0, 0.1) is 0 Å². The minimum absolute atomic E-state index is 0.0894. The largest absolute Gasteiger partial charge is 0.417 e. The number of hydrogen-bond acceptors (Lipinski definition) is 5. The average Bonchev–Trinajstić information content (AvgIpc) is 3.23. The van der Waals surface area contributed by atoms with Crippen molar-refractivity contribution >= 4 is 28.4 Å². The first-order valence-corrected chi connectivity index (χ1v) is 10.4. The number of aromatic nitrogens is 4. The minimum atomic E-state index is -4.63. The number of piperidine rings is 1. The highest BCUT2D eigenvalue weighted by Crippen LogP contribution is 2.30. The van der Waals surface area contributed by atoms with Crippen LogP contribution in [0.5, 0.6) is 0 Å². The van der Waals surface area contributed by atoms with Crippen molar-refractivity contribution in [2.45, 2.75) is 38.0 Å². The monoisotopic (exact) mass is 463 g/mol. The van der Waals surface area contributed by atoms with Crippen LogP contribution in [0.25, 0.3) is 11.0 Å². The molecule has 1 aliphatic rings. The molecule has 0 aliphatic carbocycles. The number of halogens is 3. The molecular weight excluding hydrogens is 439 g/mol. The number of aromatic amines is 1. The van der Waals surface area contributed by atoms with E-state index in [1.165, 1.54) is 11.9 Å². The number of alkyl halides is 3. The summed E-state index contributed by atoms with van der Waals surface area (Å²) in [5, 5.41) is 10.1. The number of fused-ring (bicyclic) bond motifs is 1. The van der Waals surface area contributed by atoms with Gasteiger partial charge >= 0.3 is 12.2 Å². The second-order valence-electron chi connectivity index (χ2n) is 8.32. The molecule has 2 N–H and O–H groups in total. The van der Waals surface area contributed by atoms with Gasteiger partial charge in [0.25, 0.3) is 5.56 Å². The van der Waals surface area contributed by atoms with E-state index in [4.69, 9.17) is 0 Å². The Labute approximate surface area is 187 Å². The third kappa shape index (κ3) is 4.50. The Hall–Kier alpha value is -3.57. The van der Waals surface area contributed by atoms with Gasteiger partial charge in [-0.3, -0.25) is 9.89 Å². The highest BCUT2D eigenvalue weighted by molar-refractivity contribution is 5.89. The number of urea groups is 1. The second kappa shape index (κ2) is 8.41. The SMILES string of the molecule is C[C@H]1C[C@H](N(C)C(=O)Nc2cc(C(F)(F)F)cn(C)c2=O)CCN1c1cnc2[nH]ncc2c1. The summed E-state index contributed by atoms with van der Waals surface area (Å²) in [4.78, 5) is 33.0. The maximum Gasteiger partial charge on any atom is 0.417 e. The van der Waals surface area contributed by atoms with E-state index < -0.39 is 29.0 Å². The predicted octanol–water partition coefficient (Wildman–Crippen LogP) is 3.20. The summed E-state index contributed by atoms with van der Waals surface area (Å²) in [6.45, 7) is 2.71. The molecule has 0 radical (unpaired) electrons. The van der Waals surface area contributed by atoms with Gasteiger partial charge in [-0.05, 0) is 31.9 Å². The fraction of sp³-hybridized carbons (Fsp3) is 0.429. The van der Waals surface area contributed by atoms with Gasteiger partial charge < -0.3 is 19.7 Å². The number of pyridine rings is 2. The summed E-state index contributed by atoms with van der Waals surface area (Å²) >= 11 is 0. The minimum Gasteiger partial charge on any atom is -0.367 e. The van der Waals surface area contributed by atoms with Crippen molar-refractivity contribution in [3.8, 4) is 0 Å². The first-order valence-electron chi connectivity index (χ1n) is 10.4. The van der Waals surface area contributed by atoms with Crippen molar-refractivity contribution < 1.29 is 18.0 Å². The molecule has 3 aromatic rings. The van der Waals surface area contributed by atoms with Crippen LogP contribution in [0.15, 0.2) is 35.5 Å². The maximum absolute atomic E-state index is 13.1. The number of nitrogens with zero attached hydrogens (tertiary/aromatic N) is 5. The van der Waals surface area contributed by atoms with Crippen LogP contribution >= 0.6 is 0 Å². The summed E-state index contributed by atoms with van der Waals surface area (Å²) in [6.07, 6.45) is 0.852. The molecule has 2 amide bonds. The topological polar surface area (TPSA) is 99.1 Å². The van der Waals surface area contributed by atoms with Crippen molar-refractivity contribution in [1.82, 2.24) is 24.6 Å². The zero-order valence-corrected chi connectivity index (χ0v) is 18.3. The maximum atomic E-state index is 13.1. The number of H-pyrrole nitrogens is 1. The Morgan fingerprint density at radius 3 is 2.76 bits per heavy atom. The summed E-state index contributed by atoms with van der Waals surface area (Å²) in [5.74, 6) is 0. The van der Waals surface area contributed by atoms with E-state index in [-0.39, 0.29) is 12.1 Å². The molecule has 0 bridgehead atoms. The van der Waals surface area contributed by atoms with Crippen molar-refractivity contribution in [3.63, 3.8) is 0 Å². The zero-order valence-electron chi connectivity index (χ0n) is 18.3. The lowest BCUT2D eigenvalue weighted by Crippen LogP contribution is -2.50. The second-order valence-corrected chi connectivity index (χ2v) is 8.32. The lowest BCUT2D eigenvalue weighted by atomic mass is 9.96. The third-order valence-electron chi connectivity index (χ3n) is 6.08. The highest BCUT2D eigenvalue weighted by Gasteiger charge is 2.33. The first-order chi connectivity index (χ1) is 15.5. The van der Waals surface area contributed by atoms with Crippen LogP contribution in [0.3, 0.4) is 0 Å². The van der Waals surface area contributed by atoms with Crippen LogP contribution in [0.1, 0.15) is 25.3 Å². The van der Waals surface area contributed by atoms with E-state index in [9.17, 15) is 22.8 Å². The molecule has 0 aromatic carbocycles. The van der Waals surface area contributed by atoms with Gasteiger partial charge in [0.05, 0.1) is 23.6 Å². The Balaban J connectivity index is 1.45. The predicted molar refractivity (Wildman–Crippen MR) is 117 cm³/mol. The van der Waals surface area contributed by atoms with Gasteiger partial charge in [0.2, 0.25) is 0 Å². The Morgan fingerprint density at radius 1 is 1.30 bits per heavy atom. The molecule has 4 heterocycles. The van der Waals surface area contributed by atoms with Crippen LogP contribution in [-0.4, -0.2) is 56.4 Å². The fourth-order valence-corrected chi connectivity index (χ4v) is 4.19. The number of rotatable bonds is 3. The van der Waals surface area contributed by atoms with Crippen LogP contribution in [0.4, 0.5) is 29.3 Å². The Morgan fingerprint density at radius 2 is 2.06 bits per heavy atom. The summed E-state index contributed by atoms with van der Waals surface area (Å²) < 4.78 is 40.1. The molecule has 176 valence electrons. The molecule has 2 atom stereocenters. The lowest BCUT2D eigenvalue weighted by Gasteiger charge is -2.42. The van der Waals surface area contributed by atoms with Crippen molar-refractivity contribution in [1.29, 1.82) is 0 Å². The smallest absolute Gasteiger partial charge is 0.367 e. The molecule has 0 saturated carbocycles. The molecule has 9 nitrogen and oxygen atoms in total. The number of aryl methyl sites for hydroxylation is 1. The molecule has 3 aromatic heterocycles. The van der Waals surface area contributed by atoms with Crippen molar-refractivity contribution in [2.24, 2.45) is 7.05 Å². The van der Waals surface area contributed by atoms with E-state index in [1.54, 1.807) is 19.4 Å². The van der Waals surface area contributed by atoms with Gasteiger partial charge in [-0.2, -0.15) is 18.3 Å². The van der Waals surface area contributed by atoms with Gasteiger partial charge in [-0.15, -0.1) is 0 Å². The van der Waals surface area contributed by atoms with Gasteiger partial charge in [-0.25, -0.2) is 9.78 Å². The lowest BCUT2D eigenvalue weighted by molar-refractivity contribution is -0.138. The molecule has 1 saturated heterocycles. The number of anilines is 2. The Kier molecular flexibility index (Phi) is 5.76. The van der Waals surface area contributed by atoms with Gasteiger partial charge in [0.15, 0.2) is 5.65 Å². The van der Waals surface area contributed by atoms with Gasteiger partial charge in [-0.1, -0.05) is 0 Å². The highest BCUT2D eigenvalue weighted by atomic mass is 19.4. The molecule has 4 rings (SSSR count). The van der Waals surface area contributed by atoms with Gasteiger partial charge in [0, 0.05) is 44.3 Å². The first kappa shape index (κ1) is 22.6. The molecule has 0 unspecified atom stereocenters. The molecule has 12 heteroatoms. The van der Waals surface area contributed by atoms with E-state index in [1.807, 2.05) is 13.0 Å². The van der Waals surface area contributed by atoms with E-state index in [2.05, 4.69) is 25.4 Å². The number of carbonyl (C=O) groups excluding carboxylic acids is 1. The number of amides is 2. The molecular formula is C21H24F3N7O2. The third-order valence-corrected chi connectivity index (χ3v) is 6.08. The van der Waals surface area contributed by atoms with E-state index in [0.717, 1.165) is 15.6 Å². The zero-order chi connectivity index (χ0) is 23.9. The quantitative estimate of drug-likeness (QED) is 0.622. The number of nitrogens with one attached hydrogen (secondary N) is 2. The van der Waals surface area contributed by atoms with Crippen LogP contribution < -0.4 is 15.8 Å². The van der Waals surface area contributed by atoms with Crippen molar-refractivity contribution in [2.75, 3.05) is 23.8 Å². The van der Waals surface area contributed by atoms with Gasteiger partial charge in [0.1, 0.15) is 5.69 Å². The van der Waals surface area contributed by atoms with E-state index >= 15 is 0 Å². The van der Waals surface area contributed by atoms with Crippen LogP contribution in [-0.2, 0) is 13.2 Å². The molecule has 33 heavy (non-hydrogen) atoms. The summed E-state index contributed by atoms with van der Waals surface area (Å²) in [5.41, 5.74) is -0.468. The molecule has 0 spiro atoms. The average molecular weight is 463 g/mol. The van der Waals surface area contributed by atoms with Crippen LogP contribution in [0.2, 0.25) is 0 Å². The standard InChI is InChI=1S/C21H24F3N7O2/c1-12-6-15(4-5-31(12)16-7-13-9-26-28-18(13)25-10-16)30(3)20(33)27-17-8-14(21(22,23)24)11-29(2)19(17)32/h7-12,15H,4-6H2,1-3H3,(H,27,33)(H,25,26,28)/t12-,15+/m0/s1. The Bertz CT molecular complexity index is 1240. The van der Waals surface area contributed by atoms with Crippen molar-refractivity contribution in [3.05, 3.63) is 46.6 Å². The molecule has 1 aliphatic heterocycles. The van der Waals surface area contributed by atoms with E-state index in [0.29, 0.717) is 37.3 Å². The summed E-state index contributed by atoms with van der Waals surface area (Å²) in [6, 6.07) is 1.99. The molecule has 1 fully saturated rings.